The van der Waals surface area contributed by atoms with E-state index in [1.54, 1.807) is 0 Å². The van der Waals surface area contributed by atoms with Crippen LogP contribution in [0.4, 0.5) is 23.2 Å². The number of carbonyl (C=O) groups excluding carboxylic acids is 2. The summed E-state index contributed by atoms with van der Waals surface area (Å²) in [6.07, 6.45) is -3.22. The summed E-state index contributed by atoms with van der Waals surface area (Å²) in [5, 5.41) is 2.47. The van der Waals surface area contributed by atoms with Crippen molar-refractivity contribution in [2.45, 2.75) is 6.18 Å². The zero-order valence-corrected chi connectivity index (χ0v) is 12.4. The molecule has 0 aliphatic rings. The molecule has 3 aromatic rings. The standard InChI is InChI=1S/C17H10F4N2O2/c18-10-3-6-14-12(7-10)13(8-22-14)15(24)16(25)23-11-4-1-9(2-5-11)17(19,20)21/h1-8,22H,(H,23,25). The van der Waals surface area contributed by atoms with Crippen LogP contribution in [0, 0.1) is 5.82 Å². The Kier molecular flexibility index (Phi) is 4.03. The molecule has 0 aliphatic carbocycles. The van der Waals surface area contributed by atoms with Crippen LogP contribution in [-0.4, -0.2) is 16.7 Å². The lowest BCUT2D eigenvalue weighted by Gasteiger charge is -2.08. The average Bonchev–Trinajstić information content (AvgIpc) is 2.96. The lowest BCUT2D eigenvalue weighted by Crippen LogP contribution is -2.22. The number of aromatic nitrogens is 1. The summed E-state index contributed by atoms with van der Waals surface area (Å²) in [5.41, 5.74) is -0.382. The molecule has 0 aliphatic heterocycles. The monoisotopic (exact) mass is 350 g/mol. The average molecular weight is 350 g/mol. The maximum atomic E-state index is 13.3. The molecule has 0 radical (unpaired) electrons. The number of nitrogens with one attached hydrogen (secondary N) is 2. The molecule has 4 nitrogen and oxygen atoms in total. The Morgan fingerprint density at radius 2 is 1.68 bits per heavy atom. The van der Waals surface area contributed by atoms with Gasteiger partial charge in [-0.1, -0.05) is 0 Å². The summed E-state index contributed by atoms with van der Waals surface area (Å²) in [4.78, 5) is 27.0. The molecule has 1 amide bonds. The van der Waals surface area contributed by atoms with Crippen molar-refractivity contribution in [3.63, 3.8) is 0 Å². The Labute approximate surface area is 138 Å². The lowest BCUT2D eigenvalue weighted by atomic mass is 10.1. The van der Waals surface area contributed by atoms with Gasteiger partial charge in [-0.2, -0.15) is 13.2 Å². The molecule has 128 valence electrons. The first kappa shape index (κ1) is 16.7. The number of hydrogen-bond donors (Lipinski definition) is 2. The van der Waals surface area contributed by atoms with Crippen molar-refractivity contribution in [3.05, 3.63) is 65.6 Å². The van der Waals surface area contributed by atoms with Gasteiger partial charge in [-0.3, -0.25) is 9.59 Å². The lowest BCUT2D eigenvalue weighted by molar-refractivity contribution is -0.137. The highest BCUT2D eigenvalue weighted by Gasteiger charge is 2.30. The Balaban J connectivity index is 1.80. The quantitative estimate of drug-likeness (QED) is 0.424. The number of alkyl halides is 3. The number of benzene rings is 2. The van der Waals surface area contributed by atoms with Crippen LogP contribution in [0.3, 0.4) is 0 Å². The smallest absolute Gasteiger partial charge is 0.360 e. The molecule has 3 rings (SSSR count). The molecule has 1 heterocycles. The normalized spacial score (nSPS) is 11.5. The van der Waals surface area contributed by atoms with E-state index >= 15 is 0 Å². The van der Waals surface area contributed by atoms with Gasteiger partial charge in [0.25, 0.3) is 11.7 Å². The van der Waals surface area contributed by atoms with Gasteiger partial charge in [0.05, 0.1) is 11.1 Å². The molecule has 1 aromatic heterocycles. The van der Waals surface area contributed by atoms with Gasteiger partial charge in [-0.05, 0) is 42.5 Å². The molecule has 0 fully saturated rings. The predicted molar refractivity (Wildman–Crippen MR) is 82.7 cm³/mol. The number of fused-ring (bicyclic) bond motifs is 1. The second-order valence-electron chi connectivity index (χ2n) is 5.25. The van der Waals surface area contributed by atoms with Gasteiger partial charge in [0.2, 0.25) is 0 Å². The number of rotatable bonds is 3. The van der Waals surface area contributed by atoms with Crippen LogP contribution in [-0.2, 0) is 11.0 Å². The van der Waals surface area contributed by atoms with Crippen LogP contribution in [0.1, 0.15) is 15.9 Å². The zero-order chi connectivity index (χ0) is 18.2. The molecule has 2 aromatic carbocycles. The summed E-state index contributed by atoms with van der Waals surface area (Å²) in [6, 6.07) is 7.42. The third-order valence-electron chi connectivity index (χ3n) is 3.56. The fraction of sp³-hybridized carbons (Fsp3) is 0.0588. The van der Waals surface area contributed by atoms with Crippen molar-refractivity contribution in [1.82, 2.24) is 4.98 Å². The molecule has 0 atom stereocenters. The SMILES string of the molecule is O=C(Nc1ccc(C(F)(F)F)cc1)C(=O)c1c[nH]c2ccc(F)cc12. The molecule has 0 unspecified atom stereocenters. The van der Waals surface area contributed by atoms with Gasteiger partial charge in [0, 0.05) is 22.8 Å². The topological polar surface area (TPSA) is 62.0 Å². The zero-order valence-electron chi connectivity index (χ0n) is 12.4. The molecule has 8 heteroatoms. The maximum Gasteiger partial charge on any atom is 0.416 e. The number of aromatic amines is 1. The van der Waals surface area contributed by atoms with Crippen molar-refractivity contribution in [2.24, 2.45) is 0 Å². The van der Waals surface area contributed by atoms with Gasteiger partial charge in [-0.15, -0.1) is 0 Å². The fourth-order valence-electron chi connectivity index (χ4n) is 2.33. The molecular weight excluding hydrogens is 340 g/mol. The van der Waals surface area contributed by atoms with E-state index in [0.29, 0.717) is 5.52 Å². The highest BCUT2D eigenvalue weighted by atomic mass is 19.4. The Bertz CT molecular complexity index is 959. The molecule has 0 bridgehead atoms. The third kappa shape index (κ3) is 3.37. The van der Waals surface area contributed by atoms with Crippen molar-refractivity contribution in [1.29, 1.82) is 0 Å². The number of H-pyrrole nitrogens is 1. The number of hydrogen-bond acceptors (Lipinski definition) is 2. The third-order valence-corrected chi connectivity index (χ3v) is 3.56. The number of halogens is 4. The number of Topliss-reactive ketones (excluding diaryl/α,β-unsaturated/α-hetero) is 1. The number of ketones is 1. The maximum absolute atomic E-state index is 13.3. The molecule has 0 saturated heterocycles. The molecule has 25 heavy (non-hydrogen) atoms. The van der Waals surface area contributed by atoms with Gasteiger partial charge < -0.3 is 10.3 Å². The van der Waals surface area contributed by atoms with Crippen LogP contribution >= 0.6 is 0 Å². The second-order valence-corrected chi connectivity index (χ2v) is 5.25. The molecular formula is C17H10F4N2O2. The number of anilines is 1. The first-order chi connectivity index (χ1) is 11.8. The highest BCUT2D eigenvalue weighted by molar-refractivity contribution is 6.48. The number of carbonyl (C=O) groups is 2. The summed E-state index contributed by atoms with van der Waals surface area (Å²) in [7, 11) is 0. The second kappa shape index (κ2) is 6.04. The molecule has 0 saturated carbocycles. The van der Waals surface area contributed by atoms with Gasteiger partial charge in [0.15, 0.2) is 0 Å². The van der Waals surface area contributed by atoms with E-state index in [2.05, 4.69) is 10.3 Å². The Morgan fingerprint density at radius 3 is 2.32 bits per heavy atom. The highest BCUT2D eigenvalue weighted by Crippen LogP contribution is 2.30. The van der Waals surface area contributed by atoms with Crippen LogP contribution in [0.5, 0.6) is 0 Å². The largest absolute Gasteiger partial charge is 0.416 e. The van der Waals surface area contributed by atoms with Crippen LogP contribution in [0.25, 0.3) is 10.9 Å². The van der Waals surface area contributed by atoms with Crippen molar-refractivity contribution in [2.75, 3.05) is 5.32 Å². The minimum Gasteiger partial charge on any atom is -0.360 e. The van der Waals surface area contributed by atoms with E-state index in [0.717, 1.165) is 30.3 Å². The van der Waals surface area contributed by atoms with E-state index in [-0.39, 0.29) is 16.6 Å². The van der Waals surface area contributed by atoms with Gasteiger partial charge in [-0.25, -0.2) is 4.39 Å². The summed E-state index contributed by atoms with van der Waals surface area (Å²) >= 11 is 0. The summed E-state index contributed by atoms with van der Waals surface area (Å²) in [6.45, 7) is 0. The van der Waals surface area contributed by atoms with Crippen molar-refractivity contribution < 1.29 is 27.2 Å². The number of amides is 1. The van der Waals surface area contributed by atoms with E-state index in [1.807, 2.05) is 0 Å². The minimum atomic E-state index is -4.49. The van der Waals surface area contributed by atoms with Crippen LogP contribution in [0.15, 0.2) is 48.7 Å². The molecule has 0 spiro atoms. The van der Waals surface area contributed by atoms with E-state index in [9.17, 15) is 27.2 Å². The van der Waals surface area contributed by atoms with E-state index < -0.39 is 29.2 Å². The summed E-state index contributed by atoms with van der Waals surface area (Å²) < 4.78 is 50.8. The fourth-order valence-corrected chi connectivity index (χ4v) is 2.33. The van der Waals surface area contributed by atoms with E-state index in [4.69, 9.17) is 0 Å². The van der Waals surface area contributed by atoms with Crippen molar-refractivity contribution >= 4 is 28.3 Å². The summed E-state index contributed by atoms with van der Waals surface area (Å²) in [5.74, 6) is -2.54. The van der Waals surface area contributed by atoms with Crippen LogP contribution < -0.4 is 5.32 Å². The predicted octanol–water partition coefficient (Wildman–Crippen LogP) is 4.15. The van der Waals surface area contributed by atoms with Crippen molar-refractivity contribution in [3.8, 4) is 0 Å². The van der Waals surface area contributed by atoms with E-state index in [1.165, 1.54) is 18.3 Å². The van der Waals surface area contributed by atoms with Gasteiger partial charge >= 0.3 is 6.18 Å². The Hall–Kier alpha value is -3.16. The molecule has 2 N–H and O–H groups in total. The minimum absolute atomic E-state index is 0.0288. The Morgan fingerprint density at radius 1 is 1.00 bits per heavy atom. The van der Waals surface area contributed by atoms with Gasteiger partial charge in [0.1, 0.15) is 5.82 Å². The first-order valence-electron chi connectivity index (χ1n) is 7.05. The first-order valence-corrected chi connectivity index (χ1v) is 7.05. The van der Waals surface area contributed by atoms with Crippen LogP contribution in [0.2, 0.25) is 0 Å².